The van der Waals surface area contributed by atoms with E-state index in [-0.39, 0.29) is 10.8 Å². The molecule has 0 amide bonds. The zero-order valence-corrected chi connectivity index (χ0v) is 17.2. The fourth-order valence-corrected chi connectivity index (χ4v) is 4.29. The number of aryl methyl sites for hydroxylation is 1. The lowest BCUT2D eigenvalue weighted by molar-refractivity contribution is 0.345. The van der Waals surface area contributed by atoms with E-state index in [1.165, 1.54) is 0 Å². The van der Waals surface area contributed by atoms with Crippen LogP contribution in [0.2, 0.25) is 0 Å². The van der Waals surface area contributed by atoms with E-state index >= 15 is 0 Å². The molecule has 1 aromatic heterocycles. The van der Waals surface area contributed by atoms with Gasteiger partial charge in [0.25, 0.3) is 0 Å². The molecule has 1 atom stereocenters. The second-order valence-corrected chi connectivity index (χ2v) is 8.71. The van der Waals surface area contributed by atoms with Crippen LogP contribution in [0.15, 0.2) is 94.3 Å². The van der Waals surface area contributed by atoms with E-state index in [1.807, 2.05) is 61.5 Å². The normalized spacial score (nSPS) is 12.6. The summed E-state index contributed by atoms with van der Waals surface area (Å²) in [5.74, 6) is 0.635. The summed E-state index contributed by atoms with van der Waals surface area (Å²) in [6.45, 7) is 2.00. The molecule has 30 heavy (non-hydrogen) atoms. The lowest BCUT2D eigenvalue weighted by Crippen LogP contribution is -2.30. The predicted octanol–water partition coefficient (Wildman–Crippen LogP) is 4.31. The van der Waals surface area contributed by atoms with Crippen LogP contribution in [0, 0.1) is 6.92 Å². The molecule has 1 N–H and O–H groups in total. The molecule has 152 valence electrons. The van der Waals surface area contributed by atoms with Crippen molar-refractivity contribution >= 4 is 10.0 Å². The Kier molecular flexibility index (Phi) is 5.74. The van der Waals surface area contributed by atoms with E-state index in [1.54, 1.807) is 30.3 Å². The molecule has 0 saturated heterocycles. The number of hydrogen-bond donors (Lipinski definition) is 1. The van der Waals surface area contributed by atoms with Gasteiger partial charge in [0.1, 0.15) is 6.04 Å². The van der Waals surface area contributed by atoms with Crippen LogP contribution in [0.5, 0.6) is 0 Å². The van der Waals surface area contributed by atoms with Crippen molar-refractivity contribution in [2.75, 3.05) is 0 Å². The van der Waals surface area contributed by atoms with E-state index in [9.17, 15) is 8.42 Å². The third-order valence-electron chi connectivity index (χ3n) is 4.68. The highest BCUT2D eigenvalue weighted by Crippen LogP contribution is 2.24. The maximum atomic E-state index is 12.9. The van der Waals surface area contributed by atoms with E-state index in [4.69, 9.17) is 4.52 Å². The van der Waals surface area contributed by atoms with E-state index < -0.39 is 16.1 Å². The van der Waals surface area contributed by atoms with Crippen LogP contribution < -0.4 is 4.72 Å². The van der Waals surface area contributed by atoms with Crippen molar-refractivity contribution in [2.45, 2.75) is 24.3 Å². The van der Waals surface area contributed by atoms with Crippen LogP contribution in [0.3, 0.4) is 0 Å². The number of rotatable bonds is 7. The van der Waals surface area contributed by atoms with Gasteiger partial charge in [-0.25, -0.2) is 8.42 Å². The largest absolute Gasteiger partial charge is 0.337 e. The Morgan fingerprint density at radius 3 is 2.20 bits per heavy atom. The summed E-state index contributed by atoms with van der Waals surface area (Å²) >= 11 is 0. The smallest absolute Gasteiger partial charge is 0.245 e. The van der Waals surface area contributed by atoms with E-state index in [0.29, 0.717) is 12.2 Å². The summed E-state index contributed by atoms with van der Waals surface area (Å²) in [5.41, 5.74) is 2.88. The van der Waals surface area contributed by atoms with Crippen molar-refractivity contribution in [2.24, 2.45) is 0 Å². The van der Waals surface area contributed by atoms with Gasteiger partial charge in [0, 0.05) is 5.56 Å². The van der Waals surface area contributed by atoms with Gasteiger partial charge in [-0.1, -0.05) is 83.5 Å². The third-order valence-corrected chi connectivity index (χ3v) is 6.17. The van der Waals surface area contributed by atoms with Crippen LogP contribution >= 0.6 is 0 Å². The molecule has 0 aliphatic rings. The molecule has 6 nitrogen and oxygen atoms in total. The Morgan fingerprint density at radius 1 is 0.900 bits per heavy atom. The number of sulfonamides is 1. The molecule has 1 heterocycles. The Balaban J connectivity index is 1.66. The van der Waals surface area contributed by atoms with Gasteiger partial charge in [0.05, 0.1) is 4.90 Å². The van der Waals surface area contributed by atoms with E-state index in [2.05, 4.69) is 14.9 Å². The molecule has 7 heteroatoms. The van der Waals surface area contributed by atoms with Gasteiger partial charge in [0.15, 0.2) is 0 Å². The van der Waals surface area contributed by atoms with Gasteiger partial charge in [-0.3, -0.25) is 0 Å². The van der Waals surface area contributed by atoms with Gasteiger partial charge >= 0.3 is 0 Å². The van der Waals surface area contributed by atoms with Gasteiger partial charge in [-0.05, 0) is 31.0 Å². The van der Waals surface area contributed by atoms with Crippen LogP contribution in [0.25, 0.3) is 11.4 Å². The molecule has 0 unspecified atom stereocenters. The predicted molar refractivity (Wildman–Crippen MR) is 114 cm³/mol. The zero-order chi connectivity index (χ0) is 21.0. The Morgan fingerprint density at radius 2 is 1.53 bits per heavy atom. The Labute approximate surface area is 175 Å². The standard InChI is InChI=1S/C23H21N3O3S/c1-17-12-14-19(15-13-17)22-24-23(29-25-22)21(16-18-8-4-2-5-9-18)26-30(27,28)20-10-6-3-7-11-20/h2-15,21,26H,16H2,1H3/t21-/m1/s1. The number of nitrogens with one attached hydrogen (secondary N) is 1. The second kappa shape index (κ2) is 8.61. The highest BCUT2D eigenvalue weighted by atomic mass is 32.2. The summed E-state index contributed by atoms with van der Waals surface area (Å²) in [6, 6.07) is 24.9. The topological polar surface area (TPSA) is 85.1 Å². The number of nitrogens with zero attached hydrogens (tertiary/aromatic N) is 2. The third kappa shape index (κ3) is 4.64. The number of hydrogen-bond acceptors (Lipinski definition) is 5. The SMILES string of the molecule is Cc1ccc(-c2noc([C@@H](Cc3ccccc3)NS(=O)(=O)c3ccccc3)n2)cc1. The van der Waals surface area contributed by atoms with Crippen molar-refractivity contribution in [1.82, 2.24) is 14.9 Å². The van der Waals surface area contributed by atoms with E-state index in [0.717, 1.165) is 16.7 Å². The highest BCUT2D eigenvalue weighted by molar-refractivity contribution is 7.89. The second-order valence-electron chi connectivity index (χ2n) is 7.00. The number of benzene rings is 3. The maximum Gasteiger partial charge on any atom is 0.245 e. The molecule has 4 aromatic rings. The molecular weight excluding hydrogens is 398 g/mol. The van der Waals surface area contributed by atoms with Crippen LogP contribution in [0.4, 0.5) is 0 Å². The summed E-state index contributed by atoms with van der Waals surface area (Å²) in [5, 5.41) is 4.06. The minimum atomic E-state index is -3.77. The van der Waals surface area contributed by atoms with Crippen molar-refractivity contribution in [3.63, 3.8) is 0 Å². The summed E-state index contributed by atoms with van der Waals surface area (Å²) in [7, 11) is -3.77. The molecule has 0 aliphatic carbocycles. The Hall–Kier alpha value is -3.29. The fourth-order valence-electron chi connectivity index (χ4n) is 3.08. The molecule has 0 aliphatic heterocycles. The molecule has 0 radical (unpaired) electrons. The monoisotopic (exact) mass is 419 g/mol. The molecule has 0 fully saturated rings. The molecule has 4 rings (SSSR count). The van der Waals surface area contributed by atoms with Crippen molar-refractivity contribution in [3.8, 4) is 11.4 Å². The average Bonchev–Trinajstić information content (AvgIpc) is 3.25. The maximum absolute atomic E-state index is 12.9. The van der Waals surface area contributed by atoms with Gasteiger partial charge in [-0.2, -0.15) is 9.71 Å². The first-order chi connectivity index (χ1) is 14.5. The van der Waals surface area contributed by atoms with Crippen molar-refractivity contribution in [3.05, 3.63) is 102 Å². The summed E-state index contributed by atoms with van der Waals surface area (Å²) in [6.07, 6.45) is 0.377. The zero-order valence-electron chi connectivity index (χ0n) is 16.4. The molecular formula is C23H21N3O3S. The summed E-state index contributed by atoms with van der Waals surface area (Å²) < 4.78 is 34.0. The highest BCUT2D eigenvalue weighted by Gasteiger charge is 2.26. The molecule has 0 bridgehead atoms. The minimum absolute atomic E-state index is 0.182. The van der Waals surface area contributed by atoms with Crippen molar-refractivity contribution in [1.29, 1.82) is 0 Å². The first kappa shape index (κ1) is 20.0. The molecule has 0 saturated carbocycles. The van der Waals surface area contributed by atoms with Crippen LogP contribution in [0.1, 0.15) is 23.1 Å². The minimum Gasteiger partial charge on any atom is -0.337 e. The fraction of sp³-hybridized carbons (Fsp3) is 0.130. The Bertz CT molecular complexity index is 1210. The van der Waals surface area contributed by atoms with Gasteiger partial charge in [-0.15, -0.1) is 0 Å². The summed E-state index contributed by atoms with van der Waals surface area (Å²) in [4.78, 5) is 4.66. The van der Waals surface area contributed by atoms with Crippen LogP contribution in [-0.4, -0.2) is 18.6 Å². The van der Waals surface area contributed by atoms with Gasteiger partial charge < -0.3 is 4.52 Å². The van der Waals surface area contributed by atoms with Crippen molar-refractivity contribution < 1.29 is 12.9 Å². The lowest BCUT2D eigenvalue weighted by Gasteiger charge is -2.15. The quantitative estimate of drug-likeness (QED) is 0.483. The average molecular weight is 420 g/mol. The van der Waals surface area contributed by atoms with Gasteiger partial charge in [0.2, 0.25) is 21.7 Å². The first-order valence-electron chi connectivity index (χ1n) is 9.53. The first-order valence-corrected chi connectivity index (χ1v) is 11.0. The molecule has 3 aromatic carbocycles. The lowest BCUT2D eigenvalue weighted by atomic mass is 10.1. The molecule has 0 spiro atoms. The van der Waals surface area contributed by atoms with Crippen LogP contribution in [-0.2, 0) is 16.4 Å². The number of aromatic nitrogens is 2.